The number of nitrogens with one attached hydrogen (secondary N) is 4. The summed E-state index contributed by atoms with van der Waals surface area (Å²) in [6.45, 7) is 9.18. The number of alkyl carbamates (subject to hydrolysis) is 2. The molecule has 292 valence electrons. The van der Waals surface area contributed by atoms with Crippen molar-refractivity contribution in [3.63, 3.8) is 0 Å². The second-order valence-corrected chi connectivity index (χ2v) is 14.5. The van der Waals surface area contributed by atoms with E-state index < -0.39 is 30.3 Å². The monoisotopic (exact) mass is 754 g/mol. The van der Waals surface area contributed by atoms with Gasteiger partial charge >= 0.3 is 12.2 Å². The predicted molar refractivity (Wildman–Crippen MR) is 204 cm³/mol. The fourth-order valence-electron chi connectivity index (χ4n) is 7.15. The van der Waals surface area contributed by atoms with Gasteiger partial charge in [-0.15, -0.1) is 0 Å². The Labute approximate surface area is 320 Å². The van der Waals surface area contributed by atoms with E-state index in [4.69, 9.17) is 14.2 Å². The zero-order valence-corrected chi connectivity index (χ0v) is 32.1. The van der Waals surface area contributed by atoms with Crippen molar-refractivity contribution in [3.8, 4) is 33.6 Å². The minimum atomic E-state index is -0.747. The van der Waals surface area contributed by atoms with Crippen LogP contribution in [0, 0.1) is 11.8 Å². The number of hydrogen-bond acceptors (Lipinski definition) is 9. The van der Waals surface area contributed by atoms with Crippen molar-refractivity contribution in [2.45, 2.75) is 64.7 Å². The largest absolute Gasteiger partial charge is 0.453 e. The van der Waals surface area contributed by atoms with Crippen LogP contribution in [-0.2, 0) is 23.8 Å². The molecule has 2 aliphatic heterocycles. The third-order valence-corrected chi connectivity index (χ3v) is 10.3. The lowest BCUT2D eigenvalue weighted by atomic mass is 10.0. The molecular formula is C40H50N8O7. The Bertz CT molecular complexity index is 1960. The van der Waals surface area contributed by atoms with E-state index in [1.165, 1.54) is 14.2 Å². The Morgan fingerprint density at radius 3 is 1.58 bits per heavy atom. The number of hydrogen-bond donors (Lipinski definition) is 4. The number of carbonyl (C=O) groups is 4. The summed E-state index contributed by atoms with van der Waals surface area (Å²) in [4.78, 5) is 70.7. The molecule has 0 radical (unpaired) electrons. The predicted octanol–water partition coefficient (Wildman–Crippen LogP) is 5.46. The van der Waals surface area contributed by atoms with Gasteiger partial charge in [0.1, 0.15) is 29.8 Å². The molecule has 1 unspecified atom stereocenters. The molecule has 4 N–H and O–H groups in total. The molecular weight excluding hydrogens is 704 g/mol. The van der Waals surface area contributed by atoms with E-state index in [-0.39, 0.29) is 36.3 Å². The van der Waals surface area contributed by atoms with Crippen LogP contribution in [0.2, 0.25) is 0 Å². The summed E-state index contributed by atoms with van der Waals surface area (Å²) in [6.07, 6.45) is 3.89. The Morgan fingerprint density at radius 1 is 0.691 bits per heavy atom. The number of aromatic amines is 2. The van der Waals surface area contributed by atoms with Gasteiger partial charge in [0.25, 0.3) is 0 Å². The molecule has 2 fully saturated rings. The first-order valence-electron chi connectivity index (χ1n) is 18.7. The highest BCUT2D eigenvalue weighted by atomic mass is 16.5. The number of amides is 4. The Balaban J connectivity index is 1.11. The van der Waals surface area contributed by atoms with E-state index in [9.17, 15) is 19.2 Å². The van der Waals surface area contributed by atoms with E-state index in [1.54, 1.807) is 22.2 Å². The van der Waals surface area contributed by atoms with Crippen LogP contribution in [0.4, 0.5) is 9.59 Å². The number of carbonyl (C=O) groups excluding carboxylic acids is 4. The highest BCUT2D eigenvalue weighted by molar-refractivity contribution is 5.87. The molecule has 55 heavy (non-hydrogen) atoms. The van der Waals surface area contributed by atoms with E-state index in [2.05, 4.69) is 54.8 Å². The second kappa shape index (κ2) is 17.2. The lowest BCUT2D eigenvalue weighted by Gasteiger charge is -2.37. The van der Waals surface area contributed by atoms with Crippen LogP contribution in [-0.4, -0.2) is 106 Å². The fraction of sp³-hybridized carbons (Fsp3) is 0.450. The van der Waals surface area contributed by atoms with Gasteiger partial charge in [-0.05, 0) is 46.9 Å². The SMILES string of the molecule is COC(=O)N[C@H](C(=O)N1CCCC1c1ncc(-c2ccc(-c3ccc(-c4cnc([C@@H]5COCCN5C(=O)[C@@H](NC(=O)OC)C(C)C)[nH]4)cc3)cc2)[nH]1)C(C)C. The summed E-state index contributed by atoms with van der Waals surface area (Å²) < 4.78 is 15.2. The minimum absolute atomic E-state index is 0.109. The summed E-state index contributed by atoms with van der Waals surface area (Å²) in [5.41, 5.74) is 5.64. The average molecular weight is 755 g/mol. The third kappa shape index (κ3) is 8.67. The van der Waals surface area contributed by atoms with Crippen LogP contribution < -0.4 is 10.6 Å². The number of ether oxygens (including phenoxy) is 3. The quantitative estimate of drug-likeness (QED) is 0.155. The molecule has 4 heterocycles. The molecule has 15 heteroatoms. The maximum atomic E-state index is 13.6. The van der Waals surface area contributed by atoms with Gasteiger partial charge in [0.05, 0.1) is 57.3 Å². The van der Waals surface area contributed by atoms with Crippen molar-refractivity contribution in [3.05, 3.63) is 72.6 Å². The molecule has 2 aromatic carbocycles. The molecule has 2 aromatic heterocycles. The maximum absolute atomic E-state index is 13.6. The number of morpholine rings is 1. The lowest BCUT2D eigenvalue weighted by Crippen LogP contribution is -2.54. The van der Waals surface area contributed by atoms with E-state index >= 15 is 0 Å². The van der Waals surface area contributed by atoms with Gasteiger partial charge in [0.2, 0.25) is 11.8 Å². The standard InChI is InChI=1S/C40H50N8O7/c1-23(2)33(45-39(51)53-5)37(49)47-17-7-8-31(47)35-41-20-29(43-35)27-13-9-25(10-14-27)26-11-15-28(16-12-26)30-21-42-36(44-30)32-22-55-19-18-48(32)38(50)34(24(3)4)46-40(52)54-6/h9-16,20-21,23-24,31-34H,7-8,17-19,22H2,1-6H3,(H,41,43)(H,42,44)(H,45,51)(H,46,52)/t31?,32-,33-,34-/m0/s1. The van der Waals surface area contributed by atoms with Gasteiger partial charge in [-0.2, -0.15) is 0 Å². The molecule has 0 aliphatic carbocycles. The van der Waals surface area contributed by atoms with Crippen molar-refractivity contribution in [2.24, 2.45) is 11.8 Å². The van der Waals surface area contributed by atoms with Crippen molar-refractivity contribution in [2.75, 3.05) is 40.5 Å². The summed E-state index contributed by atoms with van der Waals surface area (Å²) in [5.74, 6) is 0.704. The lowest BCUT2D eigenvalue weighted by molar-refractivity contribution is -0.143. The number of benzene rings is 2. The molecule has 4 atom stereocenters. The van der Waals surface area contributed by atoms with Crippen molar-refractivity contribution < 1.29 is 33.4 Å². The first-order chi connectivity index (χ1) is 26.5. The molecule has 0 bridgehead atoms. The molecule has 4 aromatic rings. The topological polar surface area (TPSA) is 184 Å². The summed E-state index contributed by atoms with van der Waals surface area (Å²) in [6, 6.07) is 14.3. The van der Waals surface area contributed by atoms with Gasteiger partial charge in [-0.3, -0.25) is 9.59 Å². The first kappa shape index (κ1) is 39.0. The Morgan fingerprint density at radius 2 is 1.13 bits per heavy atom. The van der Waals surface area contributed by atoms with Crippen molar-refractivity contribution in [1.82, 2.24) is 40.4 Å². The summed E-state index contributed by atoms with van der Waals surface area (Å²) in [7, 11) is 2.56. The number of likely N-dealkylation sites (tertiary alicyclic amines) is 1. The average Bonchev–Trinajstić information content (AvgIpc) is 4.00. The molecule has 4 amide bonds. The van der Waals surface area contributed by atoms with Crippen molar-refractivity contribution in [1.29, 1.82) is 0 Å². The molecule has 6 rings (SSSR count). The van der Waals surface area contributed by atoms with E-state index in [0.717, 1.165) is 46.5 Å². The second-order valence-electron chi connectivity index (χ2n) is 14.5. The molecule has 0 spiro atoms. The third-order valence-electron chi connectivity index (χ3n) is 10.3. The Kier molecular flexibility index (Phi) is 12.2. The van der Waals surface area contributed by atoms with E-state index in [0.29, 0.717) is 31.3 Å². The maximum Gasteiger partial charge on any atom is 0.407 e. The Hall–Kier alpha value is -5.70. The minimum Gasteiger partial charge on any atom is -0.453 e. The van der Waals surface area contributed by atoms with Gasteiger partial charge < -0.3 is 44.6 Å². The number of imidazole rings is 2. The van der Waals surface area contributed by atoms with Crippen LogP contribution in [0.15, 0.2) is 60.9 Å². The summed E-state index contributed by atoms with van der Waals surface area (Å²) >= 11 is 0. The van der Waals surface area contributed by atoms with Gasteiger partial charge in [-0.25, -0.2) is 19.6 Å². The van der Waals surface area contributed by atoms with Crippen LogP contribution in [0.3, 0.4) is 0 Å². The first-order valence-corrected chi connectivity index (χ1v) is 18.7. The fourth-order valence-corrected chi connectivity index (χ4v) is 7.15. The van der Waals surface area contributed by atoms with Gasteiger partial charge in [-0.1, -0.05) is 76.2 Å². The van der Waals surface area contributed by atoms with E-state index in [1.807, 2.05) is 52.0 Å². The number of H-pyrrole nitrogens is 2. The number of aromatic nitrogens is 4. The van der Waals surface area contributed by atoms with Crippen LogP contribution in [0.1, 0.15) is 64.3 Å². The summed E-state index contributed by atoms with van der Waals surface area (Å²) in [5, 5.41) is 5.36. The zero-order chi connectivity index (χ0) is 39.2. The zero-order valence-electron chi connectivity index (χ0n) is 32.1. The van der Waals surface area contributed by atoms with Gasteiger partial charge in [0, 0.05) is 13.1 Å². The molecule has 0 saturated carbocycles. The van der Waals surface area contributed by atoms with Crippen LogP contribution in [0.5, 0.6) is 0 Å². The highest BCUT2D eigenvalue weighted by Gasteiger charge is 2.38. The highest BCUT2D eigenvalue weighted by Crippen LogP contribution is 2.34. The number of rotatable bonds is 11. The van der Waals surface area contributed by atoms with Crippen LogP contribution in [0.25, 0.3) is 33.6 Å². The molecule has 2 aliphatic rings. The normalized spacial score (nSPS) is 18.3. The van der Waals surface area contributed by atoms with Crippen LogP contribution >= 0.6 is 0 Å². The molecule has 2 saturated heterocycles. The van der Waals surface area contributed by atoms with Crippen molar-refractivity contribution >= 4 is 24.0 Å². The molecule has 15 nitrogen and oxygen atoms in total. The number of nitrogens with zero attached hydrogens (tertiary/aromatic N) is 4. The number of methoxy groups -OCH3 is 2. The van der Waals surface area contributed by atoms with Gasteiger partial charge in [0.15, 0.2) is 0 Å². The smallest absolute Gasteiger partial charge is 0.407 e.